The molecule has 3 rings (SSSR count). The standard InChI is InChI=1S/C13H12N2OS/c16-12(9-1-2-9)15-11-5-3-10(4-6-11)13-14-7-8-17-13/h3-9H,1-2H2,(H,15,16). The van der Waals surface area contributed by atoms with Gasteiger partial charge in [0.05, 0.1) is 0 Å². The van der Waals surface area contributed by atoms with Gasteiger partial charge >= 0.3 is 0 Å². The minimum absolute atomic E-state index is 0.145. The zero-order valence-electron chi connectivity index (χ0n) is 9.22. The third-order valence-electron chi connectivity index (χ3n) is 2.78. The molecule has 1 N–H and O–H groups in total. The molecule has 1 aromatic carbocycles. The first-order valence-corrected chi connectivity index (χ1v) is 6.52. The molecule has 17 heavy (non-hydrogen) atoms. The summed E-state index contributed by atoms with van der Waals surface area (Å²) in [5.74, 6) is 0.389. The summed E-state index contributed by atoms with van der Waals surface area (Å²) >= 11 is 1.61. The van der Waals surface area contributed by atoms with Crippen LogP contribution in [0.2, 0.25) is 0 Å². The van der Waals surface area contributed by atoms with Crippen molar-refractivity contribution in [3.63, 3.8) is 0 Å². The van der Waals surface area contributed by atoms with Crippen LogP contribution in [0.3, 0.4) is 0 Å². The molecule has 1 aliphatic rings. The average Bonchev–Trinajstić information content (AvgIpc) is 3.07. The summed E-state index contributed by atoms with van der Waals surface area (Å²) in [5.41, 5.74) is 1.95. The lowest BCUT2D eigenvalue weighted by molar-refractivity contribution is -0.117. The summed E-state index contributed by atoms with van der Waals surface area (Å²) in [6.45, 7) is 0. The van der Waals surface area contributed by atoms with Gasteiger partial charge in [0, 0.05) is 28.7 Å². The minimum Gasteiger partial charge on any atom is -0.326 e. The zero-order valence-corrected chi connectivity index (χ0v) is 10.0. The van der Waals surface area contributed by atoms with Crippen molar-refractivity contribution < 1.29 is 4.79 Å². The van der Waals surface area contributed by atoms with E-state index in [0.29, 0.717) is 0 Å². The Morgan fingerprint density at radius 3 is 2.65 bits per heavy atom. The van der Waals surface area contributed by atoms with Crippen LogP contribution in [0.1, 0.15) is 12.8 Å². The van der Waals surface area contributed by atoms with Gasteiger partial charge in [0.1, 0.15) is 5.01 Å². The van der Waals surface area contributed by atoms with Crippen LogP contribution in [-0.4, -0.2) is 10.9 Å². The third kappa shape index (κ3) is 2.36. The van der Waals surface area contributed by atoms with E-state index >= 15 is 0 Å². The maximum absolute atomic E-state index is 11.6. The highest BCUT2D eigenvalue weighted by molar-refractivity contribution is 7.13. The predicted octanol–water partition coefficient (Wildman–Crippen LogP) is 3.16. The molecule has 0 unspecified atom stereocenters. The number of benzene rings is 1. The summed E-state index contributed by atoms with van der Waals surface area (Å²) in [6, 6.07) is 7.83. The second-order valence-corrected chi connectivity index (χ2v) is 5.07. The molecular formula is C13H12N2OS. The molecule has 0 aliphatic heterocycles. The fourth-order valence-electron chi connectivity index (χ4n) is 1.65. The van der Waals surface area contributed by atoms with E-state index in [1.165, 1.54) is 0 Å². The van der Waals surface area contributed by atoms with Crippen LogP contribution in [0.25, 0.3) is 10.6 Å². The van der Waals surface area contributed by atoms with Crippen LogP contribution in [0.4, 0.5) is 5.69 Å². The van der Waals surface area contributed by atoms with Crippen molar-refractivity contribution in [1.82, 2.24) is 4.98 Å². The summed E-state index contributed by atoms with van der Waals surface area (Å²) in [5, 5.41) is 5.88. The lowest BCUT2D eigenvalue weighted by Crippen LogP contribution is -2.12. The molecule has 1 amide bonds. The Hall–Kier alpha value is -1.68. The highest BCUT2D eigenvalue weighted by Gasteiger charge is 2.29. The van der Waals surface area contributed by atoms with E-state index in [-0.39, 0.29) is 11.8 Å². The van der Waals surface area contributed by atoms with Gasteiger partial charge in [0.2, 0.25) is 5.91 Å². The minimum atomic E-state index is 0.145. The molecule has 0 atom stereocenters. The summed E-state index contributed by atoms with van der Waals surface area (Å²) < 4.78 is 0. The number of hydrogen-bond donors (Lipinski definition) is 1. The zero-order chi connectivity index (χ0) is 11.7. The second-order valence-electron chi connectivity index (χ2n) is 4.18. The van der Waals surface area contributed by atoms with Gasteiger partial charge in [-0.1, -0.05) is 0 Å². The van der Waals surface area contributed by atoms with E-state index in [4.69, 9.17) is 0 Å². The van der Waals surface area contributed by atoms with E-state index in [9.17, 15) is 4.79 Å². The van der Waals surface area contributed by atoms with E-state index in [1.54, 1.807) is 17.5 Å². The van der Waals surface area contributed by atoms with Crippen LogP contribution in [-0.2, 0) is 4.79 Å². The van der Waals surface area contributed by atoms with Crippen molar-refractivity contribution in [3.05, 3.63) is 35.8 Å². The van der Waals surface area contributed by atoms with Crippen molar-refractivity contribution in [2.75, 3.05) is 5.32 Å². The Morgan fingerprint density at radius 2 is 2.06 bits per heavy atom. The van der Waals surface area contributed by atoms with Crippen LogP contribution < -0.4 is 5.32 Å². The molecule has 4 heteroatoms. The number of carbonyl (C=O) groups is 1. The number of aromatic nitrogens is 1. The highest BCUT2D eigenvalue weighted by Crippen LogP contribution is 2.30. The molecule has 1 fully saturated rings. The number of nitrogens with one attached hydrogen (secondary N) is 1. The molecule has 0 radical (unpaired) electrons. The van der Waals surface area contributed by atoms with E-state index in [0.717, 1.165) is 29.1 Å². The molecule has 0 bridgehead atoms. The molecule has 1 aliphatic carbocycles. The predicted molar refractivity (Wildman–Crippen MR) is 68.9 cm³/mol. The average molecular weight is 244 g/mol. The number of carbonyl (C=O) groups excluding carboxylic acids is 1. The van der Waals surface area contributed by atoms with Crippen LogP contribution in [0.15, 0.2) is 35.8 Å². The molecule has 1 saturated carbocycles. The van der Waals surface area contributed by atoms with Crippen LogP contribution in [0, 0.1) is 5.92 Å². The molecule has 1 aromatic heterocycles. The first kappa shape index (κ1) is 10.5. The Morgan fingerprint density at radius 1 is 1.29 bits per heavy atom. The first-order valence-electron chi connectivity index (χ1n) is 5.64. The van der Waals surface area contributed by atoms with E-state index < -0.39 is 0 Å². The maximum Gasteiger partial charge on any atom is 0.227 e. The lowest BCUT2D eigenvalue weighted by Gasteiger charge is -2.04. The van der Waals surface area contributed by atoms with Crippen molar-refractivity contribution >= 4 is 22.9 Å². The van der Waals surface area contributed by atoms with E-state index in [2.05, 4.69) is 10.3 Å². The van der Waals surface area contributed by atoms with Crippen molar-refractivity contribution in [3.8, 4) is 10.6 Å². The van der Waals surface area contributed by atoms with Gasteiger partial charge in [-0.25, -0.2) is 4.98 Å². The number of thiazole rings is 1. The Balaban J connectivity index is 1.73. The monoisotopic (exact) mass is 244 g/mol. The smallest absolute Gasteiger partial charge is 0.227 e. The number of rotatable bonds is 3. The Bertz CT molecular complexity index is 515. The Labute approximate surface area is 104 Å². The molecular weight excluding hydrogens is 232 g/mol. The van der Waals surface area contributed by atoms with Crippen molar-refractivity contribution in [2.45, 2.75) is 12.8 Å². The summed E-state index contributed by atoms with van der Waals surface area (Å²) in [7, 11) is 0. The topological polar surface area (TPSA) is 42.0 Å². The summed E-state index contributed by atoms with van der Waals surface area (Å²) in [4.78, 5) is 15.8. The van der Waals surface area contributed by atoms with Gasteiger partial charge < -0.3 is 5.32 Å². The van der Waals surface area contributed by atoms with Gasteiger partial charge in [0.25, 0.3) is 0 Å². The molecule has 3 nitrogen and oxygen atoms in total. The van der Waals surface area contributed by atoms with Gasteiger partial charge in [-0.15, -0.1) is 11.3 Å². The SMILES string of the molecule is O=C(Nc1ccc(-c2nccs2)cc1)C1CC1. The largest absolute Gasteiger partial charge is 0.326 e. The molecule has 0 saturated heterocycles. The molecule has 0 spiro atoms. The number of hydrogen-bond acceptors (Lipinski definition) is 3. The van der Waals surface area contributed by atoms with Gasteiger partial charge in [-0.3, -0.25) is 4.79 Å². The fourth-order valence-corrected chi connectivity index (χ4v) is 2.30. The number of anilines is 1. The van der Waals surface area contributed by atoms with Gasteiger partial charge in [-0.2, -0.15) is 0 Å². The third-order valence-corrected chi connectivity index (χ3v) is 3.60. The Kier molecular flexibility index (Phi) is 2.65. The van der Waals surface area contributed by atoms with Gasteiger partial charge in [-0.05, 0) is 37.1 Å². The van der Waals surface area contributed by atoms with Crippen LogP contribution >= 0.6 is 11.3 Å². The number of nitrogens with zero attached hydrogens (tertiary/aromatic N) is 1. The van der Waals surface area contributed by atoms with Gasteiger partial charge in [0.15, 0.2) is 0 Å². The fraction of sp³-hybridized carbons (Fsp3) is 0.231. The highest BCUT2D eigenvalue weighted by atomic mass is 32.1. The van der Waals surface area contributed by atoms with E-state index in [1.807, 2.05) is 29.6 Å². The second kappa shape index (κ2) is 4.30. The maximum atomic E-state index is 11.6. The lowest BCUT2D eigenvalue weighted by atomic mass is 10.2. The normalized spacial score (nSPS) is 14.6. The van der Waals surface area contributed by atoms with Crippen LogP contribution in [0.5, 0.6) is 0 Å². The first-order chi connectivity index (χ1) is 8.33. The van der Waals surface area contributed by atoms with Crippen molar-refractivity contribution in [2.24, 2.45) is 5.92 Å². The van der Waals surface area contributed by atoms with Crippen molar-refractivity contribution in [1.29, 1.82) is 0 Å². The quantitative estimate of drug-likeness (QED) is 0.901. The number of amides is 1. The summed E-state index contributed by atoms with van der Waals surface area (Å²) in [6.07, 6.45) is 3.86. The molecule has 86 valence electrons. The molecule has 2 aromatic rings. The molecule has 1 heterocycles.